The molecule has 0 N–H and O–H groups in total. The predicted octanol–water partition coefficient (Wildman–Crippen LogP) is 2.56. The average molecular weight is 329 g/mol. The molecule has 0 aliphatic heterocycles. The Morgan fingerprint density at radius 3 is 2.65 bits per heavy atom. The number of aromatic nitrogens is 3. The van der Waals surface area contributed by atoms with Gasteiger partial charge in [0.05, 0.1) is 6.61 Å². The zero-order valence-electron chi connectivity index (χ0n) is 12.8. The maximum absolute atomic E-state index is 12.0. The number of nitrogens with zero attached hydrogens (tertiary/aromatic N) is 3. The maximum atomic E-state index is 12.0. The van der Waals surface area contributed by atoms with Crippen molar-refractivity contribution in [2.45, 2.75) is 20.3 Å². The molecule has 0 bridgehead atoms. The molecule has 23 heavy (non-hydrogen) atoms. The molecule has 0 aliphatic carbocycles. The van der Waals surface area contributed by atoms with Crippen LogP contribution in [-0.2, 0) is 11.2 Å². The van der Waals surface area contributed by atoms with E-state index in [1.807, 2.05) is 24.3 Å². The topological polar surface area (TPSA) is 73.6 Å². The fourth-order valence-electron chi connectivity index (χ4n) is 2.17. The van der Waals surface area contributed by atoms with Crippen molar-refractivity contribution < 1.29 is 9.53 Å². The van der Waals surface area contributed by atoms with E-state index in [1.54, 1.807) is 6.92 Å². The monoisotopic (exact) mass is 329 g/mol. The van der Waals surface area contributed by atoms with Crippen LogP contribution in [0.4, 0.5) is 0 Å². The highest BCUT2D eigenvalue weighted by Crippen LogP contribution is 2.25. The van der Waals surface area contributed by atoms with Crippen LogP contribution in [0.15, 0.2) is 35.1 Å². The molecule has 6 nitrogen and oxygen atoms in total. The van der Waals surface area contributed by atoms with Crippen LogP contribution in [0.3, 0.4) is 0 Å². The third-order valence-electron chi connectivity index (χ3n) is 3.35. The molecule has 1 aromatic carbocycles. The zero-order chi connectivity index (χ0) is 16.4. The van der Waals surface area contributed by atoms with Crippen LogP contribution < -0.4 is 5.56 Å². The van der Waals surface area contributed by atoms with E-state index < -0.39 is 11.5 Å². The molecule has 2 aromatic heterocycles. The lowest BCUT2D eigenvalue weighted by atomic mass is 10.1. The number of fused-ring (bicyclic) bond motifs is 1. The second-order valence-electron chi connectivity index (χ2n) is 4.85. The van der Waals surface area contributed by atoms with Crippen LogP contribution >= 0.6 is 11.3 Å². The quantitative estimate of drug-likeness (QED) is 0.688. The highest BCUT2D eigenvalue weighted by molar-refractivity contribution is 7.19. The summed E-state index contributed by atoms with van der Waals surface area (Å²) in [6, 6.07) is 9.16. The number of rotatable bonds is 4. The van der Waals surface area contributed by atoms with Crippen molar-refractivity contribution in [2.75, 3.05) is 6.61 Å². The Bertz CT molecular complexity index is 912. The standard InChI is InChI=1S/C16H15N3O3S/c1-3-10-5-7-11(8-6-10)14-18-19-12(15(21)22-4-2)9-13(20)17-16(19)23-14/h5-9H,3-4H2,1-2H3. The van der Waals surface area contributed by atoms with Crippen molar-refractivity contribution in [2.24, 2.45) is 0 Å². The van der Waals surface area contributed by atoms with Gasteiger partial charge in [-0.1, -0.05) is 42.5 Å². The summed E-state index contributed by atoms with van der Waals surface area (Å²) in [5.41, 5.74) is 1.76. The van der Waals surface area contributed by atoms with Gasteiger partial charge >= 0.3 is 5.97 Å². The number of carbonyl (C=O) groups is 1. The summed E-state index contributed by atoms with van der Waals surface area (Å²) in [5.74, 6) is -0.583. The van der Waals surface area contributed by atoms with Gasteiger partial charge in [0.25, 0.3) is 5.56 Å². The van der Waals surface area contributed by atoms with E-state index in [-0.39, 0.29) is 12.3 Å². The zero-order valence-corrected chi connectivity index (χ0v) is 13.6. The smallest absolute Gasteiger partial charge is 0.357 e. The Labute approximate surface area is 136 Å². The molecule has 0 saturated carbocycles. The molecule has 0 radical (unpaired) electrons. The first-order valence-corrected chi connectivity index (χ1v) is 8.11. The van der Waals surface area contributed by atoms with Crippen molar-refractivity contribution in [3.8, 4) is 10.6 Å². The molecule has 118 valence electrons. The molecule has 0 saturated heterocycles. The van der Waals surface area contributed by atoms with Gasteiger partial charge in [0.1, 0.15) is 5.01 Å². The second-order valence-corrected chi connectivity index (χ2v) is 5.81. The normalized spacial score (nSPS) is 10.9. The van der Waals surface area contributed by atoms with Crippen molar-refractivity contribution in [3.05, 3.63) is 51.9 Å². The van der Waals surface area contributed by atoms with Crippen molar-refractivity contribution in [1.29, 1.82) is 0 Å². The van der Waals surface area contributed by atoms with Gasteiger partial charge in [-0.25, -0.2) is 4.79 Å². The van der Waals surface area contributed by atoms with Crippen LogP contribution in [0.5, 0.6) is 0 Å². The molecule has 3 rings (SSSR count). The van der Waals surface area contributed by atoms with Gasteiger partial charge in [-0.2, -0.15) is 14.6 Å². The van der Waals surface area contributed by atoms with Crippen molar-refractivity contribution in [3.63, 3.8) is 0 Å². The second kappa shape index (κ2) is 6.29. The van der Waals surface area contributed by atoms with Gasteiger partial charge in [-0.05, 0) is 18.9 Å². The summed E-state index contributed by atoms with van der Waals surface area (Å²) in [6.07, 6.45) is 0.961. The van der Waals surface area contributed by atoms with Crippen LogP contribution in [0, 0.1) is 0 Å². The third kappa shape index (κ3) is 3.00. The van der Waals surface area contributed by atoms with E-state index in [0.717, 1.165) is 18.1 Å². The Balaban J connectivity index is 2.12. The molecule has 0 fully saturated rings. The number of aryl methyl sites for hydroxylation is 1. The molecule has 0 amide bonds. The fraction of sp³-hybridized carbons (Fsp3) is 0.250. The first-order chi connectivity index (χ1) is 11.1. The number of ether oxygens (including phenoxy) is 1. The van der Waals surface area contributed by atoms with Gasteiger partial charge in [-0.3, -0.25) is 4.79 Å². The number of benzene rings is 1. The minimum atomic E-state index is -0.583. The van der Waals surface area contributed by atoms with Crippen LogP contribution in [0.1, 0.15) is 29.9 Å². The van der Waals surface area contributed by atoms with E-state index in [0.29, 0.717) is 9.97 Å². The Morgan fingerprint density at radius 1 is 1.26 bits per heavy atom. The molecule has 0 aliphatic rings. The first kappa shape index (κ1) is 15.4. The number of esters is 1. The summed E-state index contributed by atoms with van der Waals surface area (Å²) in [7, 11) is 0. The number of hydrogen-bond acceptors (Lipinski definition) is 6. The van der Waals surface area contributed by atoms with Crippen LogP contribution in [0.2, 0.25) is 0 Å². The van der Waals surface area contributed by atoms with E-state index >= 15 is 0 Å². The summed E-state index contributed by atoms with van der Waals surface area (Å²) in [5, 5.41) is 5.11. The lowest BCUT2D eigenvalue weighted by Crippen LogP contribution is -2.17. The Kier molecular flexibility index (Phi) is 4.20. The van der Waals surface area contributed by atoms with Crippen LogP contribution in [0.25, 0.3) is 15.5 Å². The van der Waals surface area contributed by atoms with Crippen molar-refractivity contribution in [1.82, 2.24) is 14.6 Å². The fourth-order valence-corrected chi connectivity index (χ4v) is 3.08. The van der Waals surface area contributed by atoms with Gasteiger partial charge in [0.2, 0.25) is 4.96 Å². The molecule has 2 heterocycles. The number of hydrogen-bond donors (Lipinski definition) is 0. The van der Waals surface area contributed by atoms with Gasteiger partial charge in [0.15, 0.2) is 5.69 Å². The number of carbonyl (C=O) groups excluding carboxylic acids is 1. The first-order valence-electron chi connectivity index (χ1n) is 7.29. The lowest BCUT2D eigenvalue weighted by molar-refractivity contribution is 0.0516. The van der Waals surface area contributed by atoms with Gasteiger partial charge in [-0.15, -0.1) is 0 Å². The average Bonchev–Trinajstić information content (AvgIpc) is 2.98. The molecule has 0 spiro atoms. The van der Waals surface area contributed by atoms with E-state index in [1.165, 1.54) is 21.4 Å². The predicted molar refractivity (Wildman–Crippen MR) is 87.9 cm³/mol. The largest absolute Gasteiger partial charge is 0.461 e. The minimum Gasteiger partial charge on any atom is -0.461 e. The molecule has 0 unspecified atom stereocenters. The van der Waals surface area contributed by atoms with E-state index in [4.69, 9.17) is 4.74 Å². The highest BCUT2D eigenvalue weighted by Gasteiger charge is 2.17. The van der Waals surface area contributed by atoms with Gasteiger partial charge < -0.3 is 4.74 Å². The molecular weight excluding hydrogens is 314 g/mol. The van der Waals surface area contributed by atoms with Crippen molar-refractivity contribution >= 4 is 22.3 Å². The van der Waals surface area contributed by atoms with Crippen LogP contribution in [-0.4, -0.2) is 27.2 Å². The summed E-state index contributed by atoms with van der Waals surface area (Å²) in [4.78, 5) is 28.0. The minimum absolute atomic E-state index is 0.0922. The summed E-state index contributed by atoms with van der Waals surface area (Å²) < 4.78 is 6.34. The van der Waals surface area contributed by atoms with E-state index in [9.17, 15) is 9.59 Å². The van der Waals surface area contributed by atoms with E-state index in [2.05, 4.69) is 17.0 Å². The molecule has 3 aromatic rings. The molecule has 0 atom stereocenters. The third-order valence-corrected chi connectivity index (χ3v) is 4.31. The van der Waals surface area contributed by atoms with Gasteiger partial charge in [0, 0.05) is 11.6 Å². The summed E-state index contributed by atoms with van der Waals surface area (Å²) in [6.45, 7) is 4.03. The SMILES string of the molecule is CCOC(=O)c1cc(=O)nc2sc(-c3ccc(CC)cc3)nn12. The summed E-state index contributed by atoms with van der Waals surface area (Å²) >= 11 is 1.26. The Hall–Kier alpha value is -2.54. The maximum Gasteiger partial charge on any atom is 0.357 e. The molecule has 7 heteroatoms. The highest BCUT2D eigenvalue weighted by atomic mass is 32.1. The molecular formula is C16H15N3O3S. The lowest BCUT2D eigenvalue weighted by Gasteiger charge is -2.02. The Morgan fingerprint density at radius 2 is 2.00 bits per heavy atom.